The first-order chi connectivity index (χ1) is 5.33. The summed E-state index contributed by atoms with van der Waals surface area (Å²) < 4.78 is 0. The molecule has 0 radical (unpaired) electrons. The Morgan fingerprint density at radius 3 is 2.45 bits per heavy atom. The zero-order valence-corrected chi connectivity index (χ0v) is 6.88. The van der Waals surface area contributed by atoms with E-state index in [1.807, 2.05) is 30.3 Å². The van der Waals surface area contributed by atoms with E-state index < -0.39 is 0 Å². The van der Waals surface area contributed by atoms with E-state index in [4.69, 9.17) is 17.3 Å². The first kappa shape index (κ1) is 8.15. The average Bonchev–Trinajstić information content (AvgIpc) is 2.04. The van der Waals surface area contributed by atoms with Crippen molar-refractivity contribution < 1.29 is 0 Å². The molecular weight excluding hydrogens is 158 g/mol. The van der Waals surface area contributed by atoms with Crippen LogP contribution >= 0.6 is 11.6 Å². The molecule has 0 atom stereocenters. The molecule has 0 bridgehead atoms. The van der Waals surface area contributed by atoms with E-state index in [0.29, 0.717) is 0 Å². The standard InChI is InChI=1S/C9H10ClN/c10-9-5-3-8(4-6-9)2-1-7-11/h1,3-7H,2,11H2. The highest BCUT2D eigenvalue weighted by atomic mass is 35.5. The molecule has 1 nitrogen and oxygen atoms in total. The maximum Gasteiger partial charge on any atom is 0.0406 e. The Bertz CT molecular complexity index is 238. The number of hydrogen-bond donors (Lipinski definition) is 1. The molecule has 58 valence electrons. The monoisotopic (exact) mass is 167 g/mol. The third kappa shape index (κ3) is 2.64. The van der Waals surface area contributed by atoms with Crippen LogP contribution in [-0.4, -0.2) is 0 Å². The van der Waals surface area contributed by atoms with Gasteiger partial charge in [0.15, 0.2) is 0 Å². The molecule has 1 rings (SSSR count). The maximum absolute atomic E-state index is 5.70. The predicted octanol–water partition coefficient (Wildman–Crippen LogP) is 2.35. The van der Waals surface area contributed by atoms with E-state index in [1.54, 1.807) is 6.20 Å². The lowest BCUT2D eigenvalue weighted by molar-refractivity contribution is 1.26. The molecule has 0 spiro atoms. The Hall–Kier alpha value is -0.950. The molecule has 0 heterocycles. The van der Waals surface area contributed by atoms with Gasteiger partial charge in [0.05, 0.1) is 0 Å². The van der Waals surface area contributed by atoms with Gasteiger partial charge in [-0.05, 0) is 30.3 Å². The average molecular weight is 168 g/mol. The second-order valence-corrected chi connectivity index (χ2v) is 2.70. The van der Waals surface area contributed by atoms with Crippen LogP contribution in [0.2, 0.25) is 5.02 Å². The predicted molar refractivity (Wildman–Crippen MR) is 48.5 cm³/mol. The van der Waals surface area contributed by atoms with E-state index in [2.05, 4.69) is 0 Å². The highest BCUT2D eigenvalue weighted by Crippen LogP contribution is 2.09. The zero-order valence-electron chi connectivity index (χ0n) is 6.13. The van der Waals surface area contributed by atoms with Crippen molar-refractivity contribution in [3.05, 3.63) is 47.1 Å². The van der Waals surface area contributed by atoms with Crippen molar-refractivity contribution in [2.24, 2.45) is 5.73 Å². The van der Waals surface area contributed by atoms with Gasteiger partial charge in [0.25, 0.3) is 0 Å². The number of hydrogen-bond acceptors (Lipinski definition) is 1. The van der Waals surface area contributed by atoms with E-state index >= 15 is 0 Å². The van der Waals surface area contributed by atoms with Gasteiger partial charge in [-0.15, -0.1) is 0 Å². The molecule has 0 aliphatic rings. The number of rotatable bonds is 2. The maximum atomic E-state index is 5.70. The van der Waals surface area contributed by atoms with Crippen LogP contribution < -0.4 is 5.73 Å². The molecule has 0 aliphatic carbocycles. The minimum absolute atomic E-state index is 0.769. The Morgan fingerprint density at radius 1 is 1.27 bits per heavy atom. The van der Waals surface area contributed by atoms with Crippen molar-refractivity contribution in [1.82, 2.24) is 0 Å². The van der Waals surface area contributed by atoms with Crippen LogP contribution in [0.15, 0.2) is 36.5 Å². The zero-order chi connectivity index (χ0) is 8.10. The van der Waals surface area contributed by atoms with Crippen LogP contribution in [-0.2, 0) is 6.42 Å². The van der Waals surface area contributed by atoms with Crippen LogP contribution in [0.3, 0.4) is 0 Å². The molecule has 0 saturated carbocycles. The van der Waals surface area contributed by atoms with Gasteiger partial charge in [0.1, 0.15) is 0 Å². The molecule has 0 fully saturated rings. The second-order valence-electron chi connectivity index (χ2n) is 2.26. The Labute approximate surface area is 71.5 Å². The van der Waals surface area contributed by atoms with Crippen LogP contribution in [0.1, 0.15) is 5.56 Å². The lowest BCUT2D eigenvalue weighted by Crippen LogP contribution is -1.82. The van der Waals surface area contributed by atoms with Crippen LogP contribution in [0.5, 0.6) is 0 Å². The normalized spacial score (nSPS) is 10.6. The Kier molecular flexibility index (Phi) is 2.99. The van der Waals surface area contributed by atoms with E-state index in [0.717, 1.165) is 11.4 Å². The van der Waals surface area contributed by atoms with Crippen LogP contribution in [0.25, 0.3) is 0 Å². The van der Waals surface area contributed by atoms with Crippen molar-refractivity contribution in [2.45, 2.75) is 6.42 Å². The molecule has 1 aromatic carbocycles. The van der Waals surface area contributed by atoms with Gasteiger partial charge in [-0.2, -0.15) is 0 Å². The number of benzene rings is 1. The molecule has 2 N–H and O–H groups in total. The van der Waals surface area contributed by atoms with Gasteiger partial charge in [0, 0.05) is 5.02 Å². The molecule has 0 saturated heterocycles. The summed E-state index contributed by atoms with van der Waals surface area (Å²) in [6.45, 7) is 0. The molecule has 1 aromatic rings. The number of nitrogens with two attached hydrogens (primary N) is 1. The minimum Gasteiger partial charge on any atom is -0.405 e. The molecular formula is C9H10ClN. The second kappa shape index (κ2) is 4.04. The van der Waals surface area contributed by atoms with Gasteiger partial charge in [-0.1, -0.05) is 29.8 Å². The lowest BCUT2D eigenvalue weighted by Gasteiger charge is -1.94. The van der Waals surface area contributed by atoms with Crippen LogP contribution in [0, 0.1) is 0 Å². The van der Waals surface area contributed by atoms with Gasteiger partial charge in [0.2, 0.25) is 0 Å². The quantitative estimate of drug-likeness (QED) is 0.719. The summed E-state index contributed by atoms with van der Waals surface area (Å²) in [5, 5.41) is 0.769. The van der Waals surface area contributed by atoms with E-state index in [-0.39, 0.29) is 0 Å². The van der Waals surface area contributed by atoms with Gasteiger partial charge in [-0.3, -0.25) is 0 Å². The summed E-state index contributed by atoms with van der Waals surface area (Å²) >= 11 is 5.70. The molecule has 0 aliphatic heterocycles. The Balaban J connectivity index is 2.66. The van der Waals surface area contributed by atoms with Gasteiger partial charge in [-0.25, -0.2) is 0 Å². The summed E-state index contributed by atoms with van der Waals surface area (Å²) in [7, 11) is 0. The molecule has 0 amide bonds. The minimum atomic E-state index is 0.769. The first-order valence-electron chi connectivity index (χ1n) is 3.44. The SMILES string of the molecule is NC=CCc1ccc(Cl)cc1. The molecule has 0 aromatic heterocycles. The molecule has 11 heavy (non-hydrogen) atoms. The fourth-order valence-corrected chi connectivity index (χ4v) is 0.951. The number of halogens is 1. The summed E-state index contributed by atoms with van der Waals surface area (Å²) in [6, 6.07) is 7.73. The van der Waals surface area contributed by atoms with Crippen LogP contribution in [0.4, 0.5) is 0 Å². The van der Waals surface area contributed by atoms with Gasteiger partial charge >= 0.3 is 0 Å². The Morgan fingerprint density at radius 2 is 1.91 bits per heavy atom. The highest BCUT2D eigenvalue weighted by molar-refractivity contribution is 6.30. The number of allylic oxidation sites excluding steroid dienone is 1. The smallest absolute Gasteiger partial charge is 0.0406 e. The third-order valence-electron chi connectivity index (χ3n) is 1.40. The van der Waals surface area contributed by atoms with Crippen molar-refractivity contribution in [3.8, 4) is 0 Å². The van der Waals surface area contributed by atoms with Crippen molar-refractivity contribution in [1.29, 1.82) is 0 Å². The fraction of sp³-hybridized carbons (Fsp3) is 0.111. The summed E-state index contributed by atoms with van der Waals surface area (Å²) in [4.78, 5) is 0. The fourth-order valence-electron chi connectivity index (χ4n) is 0.825. The van der Waals surface area contributed by atoms with Crippen molar-refractivity contribution >= 4 is 11.6 Å². The summed E-state index contributed by atoms with van der Waals surface area (Å²) in [5.74, 6) is 0. The van der Waals surface area contributed by atoms with Gasteiger partial charge < -0.3 is 5.73 Å². The largest absolute Gasteiger partial charge is 0.405 e. The molecule has 2 heteroatoms. The lowest BCUT2D eigenvalue weighted by atomic mass is 10.1. The molecule has 0 unspecified atom stereocenters. The first-order valence-corrected chi connectivity index (χ1v) is 3.82. The van der Waals surface area contributed by atoms with Crippen molar-refractivity contribution in [3.63, 3.8) is 0 Å². The third-order valence-corrected chi connectivity index (χ3v) is 1.65. The van der Waals surface area contributed by atoms with E-state index in [9.17, 15) is 0 Å². The topological polar surface area (TPSA) is 26.0 Å². The van der Waals surface area contributed by atoms with Crippen molar-refractivity contribution in [2.75, 3.05) is 0 Å². The summed E-state index contributed by atoms with van der Waals surface area (Å²) in [5.41, 5.74) is 6.42. The van der Waals surface area contributed by atoms with E-state index in [1.165, 1.54) is 5.56 Å². The summed E-state index contributed by atoms with van der Waals surface area (Å²) in [6.07, 6.45) is 4.32. The highest BCUT2D eigenvalue weighted by Gasteiger charge is 1.88.